The number of nitrogens with zero attached hydrogens (tertiary/aromatic N) is 1. The van der Waals surface area contributed by atoms with Crippen LogP contribution in [0.1, 0.15) is 18.9 Å². The van der Waals surface area contributed by atoms with Gasteiger partial charge in [0.1, 0.15) is 11.4 Å². The van der Waals surface area contributed by atoms with Gasteiger partial charge in [-0.05, 0) is 18.9 Å². The molecule has 1 aromatic rings. The summed E-state index contributed by atoms with van der Waals surface area (Å²) in [6, 6.07) is 8.47. The highest BCUT2D eigenvalue weighted by molar-refractivity contribution is 6.30. The lowest BCUT2D eigenvalue weighted by Gasteiger charge is -2.31. The second-order valence-electron chi connectivity index (χ2n) is 4.97. The summed E-state index contributed by atoms with van der Waals surface area (Å²) in [6.07, 6.45) is 0.787. The van der Waals surface area contributed by atoms with E-state index in [0.717, 1.165) is 5.56 Å². The van der Waals surface area contributed by atoms with Gasteiger partial charge in [-0.1, -0.05) is 30.3 Å². The molecule has 2 amide bonds. The first-order chi connectivity index (χ1) is 11.0. The number of ether oxygens (including phenoxy) is 1. The largest absolute Gasteiger partial charge is 0.467 e. The number of methoxy groups -OCH3 is 1. The van der Waals surface area contributed by atoms with E-state index < -0.39 is 17.4 Å². The molecule has 0 saturated heterocycles. The van der Waals surface area contributed by atoms with Crippen LogP contribution in [-0.2, 0) is 25.7 Å². The molecule has 0 heterocycles. The minimum atomic E-state index is -0.818. The van der Waals surface area contributed by atoms with Gasteiger partial charge in [0.15, 0.2) is 0 Å². The van der Waals surface area contributed by atoms with E-state index in [2.05, 4.69) is 5.32 Å². The van der Waals surface area contributed by atoms with Crippen molar-refractivity contribution in [3.8, 4) is 0 Å². The standard InChI is InChI=1S/C16H21ClN2O4/c1-12(17)15(21)19(10-13-6-4-3-5-7-13)14(16(22)23-2)8-9-18-11-20/h3-7,11-12,14H,8-10H2,1-2H3,(H,18,20)/t12-,14+/m1/s1. The third-order valence-electron chi connectivity index (χ3n) is 3.31. The fourth-order valence-corrected chi connectivity index (χ4v) is 2.29. The maximum atomic E-state index is 12.4. The van der Waals surface area contributed by atoms with Crippen molar-refractivity contribution < 1.29 is 19.1 Å². The van der Waals surface area contributed by atoms with Gasteiger partial charge in [0.05, 0.1) is 7.11 Å². The molecule has 2 atom stereocenters. The number of hydrogen-bond donors (Lipinski definition) is 1. The van der Waals surface area contributed by atoms with Crippen molar-refractivity contribution in [3.63, 3.8) is 0 Å². The maximum Gasteiger partial charge on any atom is 0.328 e. The van der Waals surface area contributed by atoms with Gasteiger partial charge in [0.2, 0.25) is 12.3 Å². The number of carbonyl (C=O) groups excluding carboxylic acids is 3. The second-order valence-corrected chi connectivity index (χ2v) is 5.62. The number of halogens is 1. The number of alkyl halides is 1. The van der Waals surface area contributed by atoms with Gasteiger partial charge >= 0.3 is 5.97 Å². The molecule has 23 heavy (non-hydrogen) atoms. The van der Waals surface area contributed by atoms with Crippen LogP contribution in [0.4, 0.5) is 0 Å². The summed E-state index contributed by atoms with van der Waals surface area (Å²) in [7, 11) is 1.26. The van der Waals surface area contributed by atoms with E-state index in [9.17, 15) is 14.4 Å². The molecule has 6 nitrogen and oxygen atoms in total. The molecule has 0 saturated carbocycles. The quantitative estimate of drug-likeness (QED) is 0.318. The topological polar surface area (TPSA) is 75.7 Å². The summed E-state index contributed by atoms with van der Waals surface area (Å²) < 4.78 is 4.80. The van der Waals surface area contributed by atoms with Crippen LogP contribution in [0.15, 0.2) is 30.3 Å². The van der Waals surface area contributed by atoms with Crippen molar-refractivity contribution in [2.24, 2.45) is 0 Å². The molecule has 0 unspecified atom stereocenters. The van der Waals surface area contributed by atoms with E-state index in [1.165, 1.54) is 12.0 Å². The molecule has 0 radical (unpaired) electrons. The predicted octanol–water partition coefficient (Wildman–Crippen LogP) is 1.32. The third-order valence-corrected chi connectivity index (χ3v) is 3.50. The van der Waals surface area contributed by atoms with Crippen LogP contribution in [0.25, 0.3) is 0 Å². The van der Waals surface area contributed by atoms with Gasteiger partial charge in [-0.15, -0.1) is 11.6 Å². The van der Waals surface area contributed by atoms with Gasteiger partial charge in [-0.2, -0.15) is 0 Å². The molecule has 7 heteroatoms. The molecule has 1 aromatic carbocycles. The first-order valence-corrected chi connectivity index (χ1v) is 7.68. The molecule has 0 aromatic heterocycles. The summed E-state index contributed by atoms with van der Waals surface area (Å²) in [4.78, 5) is 36.3. The summed E-state index contributed by atoms with van der Waals surface area (Å²) in [5.41, 5.74) is 0.871. The summed E-state index contributed by atoms with van der Waals surface area (Å²) in [6.45, 7) is 2.04. The third kappa shape index (κ3) is 5.90. The van der Waals surface area contributed by atoms with Crippen LogP contribution < -0.4 is 5.32 Å². The molecule has 0 aliphatic carbocycles. The SMILES string of the molecule is COC(=O)[C@H](CCNC=O)N(Cc1ccccc1)C(=O)[C@@H](C)Cl. The van der Waals surface area contributed by atoms with Crippen molar-refractivity contribution in [2.45, 2.75) is 31.3 Å². The minimum absolute atomic E-state index is 0.234. The average Bonchev–Trinajstić information content (AvgIpc) is 2.56. The lowest BCUT2D eigenvalue weighted by Crippen LogP contribution is -2.48. The fraction of sp³-hybridized carbons (Fsp3) is 0.438. The second kappa shape index (κ2) is 9.84. The number of hydrogen-bond acceptors (Lipinski definition) is 4. The number of nitrogens with one attached hydrogen (secondary N) is 1. The Labute approximate surface area is 140 Å². The molecule has 0 fully saturated rings. The zero-order valence-corrected chi connectivity index (χ0v) is 14.0. The first-order valence-electron chi connectivity index (χ1n) is 7.24. The number of amides is 2. The Hall–Kier alpha value is -2.08. The zero-order chi connectivity index (χ0) is 17.2. The molecular weight excluding hydrogens is 320 g/mol. The van der Waals surface area contributed by atoms with Gasteiger partial charge in [0, 0.05) is 13.1 Å². The van der Waals surface area contributed by atoms with Crippen LogP contribution in [-0.4, -0.2) is 48.3 Å². The molecular formula is C16H21ClN2O4. The molecule has 0 spiro atoms. The minimum Gasteiger partial charge on any atom is -0.467 e. The first kappa shape index (κ1) is 19.0. The molecule has 0 aliphatic rings. The monoisotopic (exact) mass is 340 g/mol. The number of rotatable bonds is 9. The Morgan fingerprint density at radius 1 is 1.35 bits per heavy atom. The van der Waals surface area contributed by atoms with Crippen molar-refractivity contribution in [1.29, 1.82) is 0 Å². The van der Waals surface area contributed by atoms with Crippen molar-refractivity contribution in [2.75, 3.05) is 13.7 Å². The lowest BCUT2D eigenvalue weighted by molar-refractivity contribution is -0.153. The molecule has 1 rings (SSSR count). The van der Waals surface area contributed by atoms with Crippen molar-refractivity contribution >= 4 is 29.9 Å². The highest BCUT2D eigenvalue weighted by Gasteiger charge is 2.32. The number of esters is 1. The van der Waals surface area contributed by atoms with Crippen LogP contribution in [0.5, 0.6) is 0 Å². The van der Waals surface area contributed by atoms with Crippen LogP contribution >= 0.6 is 11.6 Å². The van der Waals surface area contributed by atoms with Crippen molar-refractivity contribution in [1.82, 2.24) is 10.2 Å². The molecule has 1 N–H and O–H groups in total. The Kier molecular flexibility index (Phi) is 8.11. The van der Waals surface area contributed by atoms with Gasteiger partial charge < -0.3 is 15.0 Å². The lowest BCUT2D eigenvalue weighted by atomic mass is 10.1. The van der Waals surface area contributed by atoms with E-state index in [1.807, 2.05) is 30.3 Å². The summed E-state index contributed by atoms with van der Waals surface area (Å²) in [5, 5.41) is 1.71. The highest BCUT2D eigenvalue weighted by Crippen LogP contribution is 2.16. The Balaban J connectivity index is 3.03. The smallest absolute Gasteiger partial charge is 0.328 e. The average molecular weight is 341 g/mol. The number of carbonyl (C=O) groups is 3. The van der Waals surface area contributed by atoms with Gasteiger partial charge in [0.25, 0.3) is 0 Å². The Morgan fingerprint density at radius 3 is 2.52 bits per heavy atom. The van der Waals surface area contributed by atoms with E-state index in [-0.39, 0.29) is 25.4 Å². The predicted molar refractivity (Wildman–Crippen MR) is 86.8 cm³/mol. The van der Waals surface area contributed by atoms with Crippen LogP contribution in [0.2, 0.25) is 0 Å². The normalized spacial score (nSPS) is 12.8. The van der Waals surface area contributed by atoms with Gasteiger partial charge in [-0.3, -0.25) is 9.59 Å². The highest BCUT2D eigenvalue weighted by atomic mass is 35.5. The number of benzene rings is 1. The molecule has 0 bridgehead atoms. The maximum absolute atomic E-state index is 12.4. The van der Waals surface area contributed by atoms with E-state index >= 15 is 0 Å². The molecule has 0 aliphatic heterocycles. The van der Waals surface area contributed by atoms with Crippen LogP contribution in [0.3, 0.4) is 0 Å². The molecule has 126 valence electrons. The fourth-order valence-electron chi connectivity index (χ4n) is 2.17. The Morgan fingerprint density at radius 2 is 2.00 bits per heavy atom. The van der Waals surface area contributed by atoms with E-state index in [0.29, 0.717) is 6.41 Å². The van der Waals surface area contributed by atoms with Crippen molar-refractivity contribution in [3.05, 3.63) is 35.9 Å². The van der Waals surface area contributed by atoms with Crippen LogP contribution in [0, 0.1) is 0 Å². The van der Waals surface area contributed by atoms with E-state index in [4.69, 9.17) is 16.3 Å². The summed E-state index contributed by atoms with van der Waals surface area (Å²) in [5.74, 6) is -0.906. The van der Waals surface area contributed by atoms with E-state index in [1.54, 1.807) is 6.92 Å². The Bertz CT molecular complexity index is 522. The summed E-state index contributed by atoms with van der Waals surface area (Å²) >= 11 is 5.93. The van der Waals surface area contributed by atoms with Gasteiger partial charge in [-0.25, -0.2) is 4.79 Å². The zero-order valence-electron chi connectivity index (χ0n) is 13.2.